The van der Waals surface area contributed by atoms with E-state index in [0.29, 0.717) is 19.4 Å². The number of carbonyl (C=O) groups is 2. The Morgan fingerprint density at radius 1 is 1.59 bits per heavy atom. The fourth-order valence-electron chi connectivity index (χ4n) is 2.30. The molecule has 6 heteroatoms. The van der Waals surface area contributed by atoms with E-state index in [4.69, 9.17) is 9.84 Å². The normalized spacial score (nSPS) is 31.1. The monoisotopic (exact) mass is 257 g/mol. The molecule has 0 aromatic rings. The summed E-state index contributed by atoms with van der Waals surface area (Å²) in [5.41, 5.74) is 0. The summed E-state index contributed by atoms with van der Waals surface area (Å²) < 4.78 is 5.01. The molecule has 0 atom stereocenters. The molecule has 94 valence electrons. The second kappa shape index (κ2) is 4.60. The maximum Gasteiger partial charge on any atom is 0.411 e. The Morgan fingerprint density at radius 2 is 2.29 bits per heavy atom. The van der Waals surface area contributed by atoms with Crippen molar-refractivity contribution in [3.63, 3.8) is 0 Å². The molecule has 2 fully saturated rings. The van der Waals surface area contributed by atoms with Crippen LogP contribution < -0.4 is 0 Å². The van der Waals surface area contributed by atoms with E-state index >= 15 is 0 Å². The number of carbonyl (C=O) groups excluding carboxylic acids is 1. The molecule has 0 aromatic carbocycles. The summed E-state index contributed by atoms with van der Waals surface area (Å²) in [7, 11) is 0. The van der Waals surface area contributed by atoms with Crippen LogP contribution in [0.3, 0.4) is 0 Å². The van der Waals surface area contributed by atoms with Gasteiger partial charge in [-0.25, -0.2) is 4.79 Å². The van der Waals surface area contributed by atoms with E-state index in [1.165, 1.54) is 6.08 Å². The van der Waals surface area contributed by atoms with Gasteiger partial charge < -0.3 is 9.84 Å². The van der Waals surface area contributed by atoms with Gasteiger partial charge in [-0.1, -0.05) is 12.7 Å². The molecule has 2 aliphatic rings. The van der Waals surface area contributed by atoms with Crippen LogP contribution >= 0.6 is 11.8 Å². The third-order valence-electron chi connectivity index (χ3n) is 3.20. The van der Waals surface area contributed by atoms with Crippen molar-refractivity contribution in [1.82, 2.24) is 4.90 Å². The van der Waals surface area contributed by atoms with Crippen LogP contribution in [0.25, 0.3) is 0 Å². The number of carboxylic acid groups (broad SMARTS) is 1. The summed E-state index contributed by atoms with van der Waals surface area (Å²) in [6, 6.07) is 0. The first kappa shape index (κ1) is 12.3. The molecule has 1 saturated carbocycles. The van der Waals surface area contributed by atoms with Crippen molar-refractivity contribution in [3.05, 3.63) is 12.7 Å². The average Bonchev–Trinajstić information content (AvgIpc) is 2.67. The number of rotatable bonds is 3. The van der Waals surface area contributed by atoms with Crippen LogP contribution in [0.15, 0.2) is 12.7 Å². The lowest BCUT2D eigenvalue weighted by atomic mass is 9.78. The number of ether oxygens (including phenoxy) is 1. The number of thioether (sulfide) groups is 1. The summed E-state index contributed by atoms with van der Waals surface area (Å²) in [4.78, 5) is 23.9. The van der Waals surface area contributed by atoms with Crippen LogP contribution in [0.1, 0.15) is 12.8 Å². The van der Waals surface area contributed by atoms with Crippen LogP contribution in [0.4, 0.5) is 4.79 Å². The predicted molar refractivity (Wildman–Crippen MR) is 63.8 cm³/mol. The molecule has 1 aliphatic heterocycles. The van der Waals surface area contributed by atoms with Gasteiger partial charge in [0, 0.05) is 12.3 Å². The van der Waals surface area contributed by atoms with Crippen molar-refractivity contribution in [2.75, 3.05) is 18.9 Å². The number of hydrogen-bond donors (Lipinski definition) is 1. The molecule has 0 bridgehead atoms. The summed E-state index contributed by atoms with van der Waals surface area (Å²) in [5.74, 6) is -0.256. The fraction of sp³-hybridized carbons (Fsp3) is 0.636. The molecule has 1 heterocycles. The van der Waals surface area contributed by atoms with Crippen molar-refractivity contribution < 1.29 is 19.4 Å². The van der Waals surface area contributed by atoms with Gasteiger partial charge in [-0.15, -0.1) is 11.8 Å². The van der Waals surface area contributed by atoms with Crippen LogP contribution in [0.5, 0.6) is 0 Å². The summed E-state index contributed by atoms with van der Waals surface area (Å²) in [6.07, 6.45) is 2.21. The van der Waals surface area contributed by atoms with Crippen molar-refractivity contribution in [1.29, 1.82) is 0 Å². The lowest BCUT2D eigenvalue weighted by Gasteiger charge is -2.47. The Bertz CT molecular complexity index is 351. The van der Waals surface area contributed by atoms with E-state index in [0.717, 1.165) is 5.75 Å². The minimum absolute atomic E-state index is 0.193. The Morgan fingerprint density at radius 3 is 2.88 bits per heavy atom. The highest BCUT2D eigenvalue weighted by atomic mass is 32.2. The Labute approximate surface area is 104 Å². The first-order chi connectivity index (χ1) is 8.09. The van der Waals surface area contributed by atoms with Crippen LogP contribution in [-0.4, -0.2) is 45.8 Å². The van der Waals surface area contributed by atoms with E-state index in [1.807, 2.05) is 0 Å². The maximum atomic E-state index is 11.8. The molecule has 1 aliphatic carbocycles. The molecule has 17 heavy (non-hydrogen) atoms. The second-order valence-electron chi connectivity index (χ2n) is 4.26. The Kier molecular flexibility index (Phi) is 3.33. The molecule has 5 nitrogen and oxygen atoms in total. The molecule has 0 radical (unpaired) electrons. The molecule has 0 unspecified atom stereocenters. The highest BCUT2D eigenvalue weighted by Crippen LogP contribution is 2.53. The van der Waals surface area contributed by atoms with Gasteiger partial charge in [0.25, 0.3) is 0 Å². The van der Waals surface area contributed by atoms with Crippen molar-refractivity contribution >= 4 is 23.8 Å². The lowest BCUT2D eigenvalue weighted by Crippen LogP contribution is -2.55. The molecule has 0 aromatic heterocycles. The number of nitrogens with zero attached hydrogens (tertiary/aromatic N) is 1. The lowest BCUT2D eigenvalue weighted by molar-refractivity contribution is -0.147. The third-order valence-corrected chi connectivity index (χ3v) is 4.68. The standard InChI is InChI=1S/C11H15NO4S/c1-2-4-16-10(15)12-3-5-17-11(12)6-8(7-11)9(13)14/h2,8H,1,3-7H2,(H,13,14). The summed E-state index contributed by atoms with van der Waals surface area (Å²) >= 11 is 1.66. The number of amides is 1. The van der Waals surface area contributed by atoms with Crippen molar-refractivity contribution in [3.8, 4) is 0 Å². The fourth-order valence-corrected chi connectivity index (χ4v) is 3.91. The minimum atomic E-state index is -0.775. The number of carboxylic acids is 1. The van der Waals surface area contributed by atoms with Gasteiger partial charge in [0.1, 0.15) is 6.61 Å². The topological polar surface area (TPSA) is 66.8 Å². The van der Waals surface area contributed by atoms with Gasteiger partial charge in [-0.3, -0.25) is 9.69 Å². The Balaban J connectivity index is 1.97. The molecular formula is C11H15NO4S. The molecule has 1 spiro atoms. The molecule has 1 N–H and O–H groups in total. The minimum Gasteiger partial charge on any atom is -0.481 e. The molecule has 1 saturated heterocycles. The van der Waals surface area contributed by atoms with E-state index in [2.05, 4.69) is 6.58 Å². The van der Waals surface area contributed by atoms with E-state index in [9.17, 15) is 9.59 Å². The zero-order chi connectivity index (χ0) is 12.5. The SMILES string of the molecule is C=CCOC(=O)N1CCSC12CC(C(=O)O)C2. The van der Waals surface area contributed by atoms with Crippen molar-refractivity contribution in [2.24, 2.45) is 5.92 Å². The Hall–Kier alpha value is -1.17. The number of hydrogen-bond acceptors (Lipinski definition) is 4. The van der Waals surface area contributed by atoms with Gasteiger partial charge in [0.2, 0.25) is 0 Å². The first-order valence-electron chi connectivity index (χ1n) is 5.51. The second-order valence-corrected chi connectivity index (χ2v) is 5.71. The average molecular weight is 257 g/mol. The largest absolute Gasteiger partial charge is 0.481 e. The highest BCUT2D eigenvalue weighted by molar-refractivity contribution is 8.00. The van der Waals surface area contributed by atoms with Gasteiger partial charge in [0.05, 0.1) is 10.8 Å². The molecule has 2 rings (SSSR count). The summed E-state index contributed by atoms with van der Waals surface area (Å²) in [6.45, 7) is 4.31. The number of aliphatic carboxylic acids is 1. The van der Waals surface area contributed by atoms with Gasteiger partial charge in [-0.2, -0.15) is 0 Å². The van der Waals surface area contributed by atoms with Gasteiger partial charge in [-0.05, 0) is 12.8 Å². The van der Waals surface area contributed by atoms with Gasteiger partial charge >= 0.3 is 12.1 Å². The zero-order valence-electron chi connectivity index (χ0n) is 9.42. The van der Waals surface area contributed by atoms with Crippen LogP contribution in [0, 0.1) is 5.92 Å². The summed E-state index contributed by atoms with van der Waals surface area (Å²) in [5, 5.41) is 8.89. The van der Waals surface area contributed by atoms with Crippen LogP contribution in [0.2, 0.25) is 0 Å². The van der Waals surface area contributed by atoms with Crippen LogP contribution in [-0.2, 0) is 9.53 Å². The highest BCUT2D eigenvalue weighted by Gasteiger charge is 2.56. The van der Waals surface area contributed by atoms with Gasteiger partial charge in [0.15, 0.2) is 0 Å². The zero-order valence-corrected chi connectivity index (χ0v) is 10.2. The smallest absolute Gasteiger partial charge is 0.411 e. The van der Waals surface area contributed by atoms with E-state index < -0.39 is 5.97 Å². The van der Waals surface area contributed by atoms with E-state index in [1.54, 1.807) is 16.7 Å². The quantitative estimate of drug-likeness (QED) is 0.777. The van der Waals surface area contributed by atoms with E-state index in [-0.39, 0.29) is 23.5 Å². The molecular weight excluding hydrogens is 242 g/mol. The van der Waals surface area contributed by atoms with Crippen molar-refractivity contribution in [2.45, 2.75) is 17.7 Å². The maximum absolute atomic E-state index is 11.8. The molecule has 1 amide bonds. The first-order valence-corrected chi connectivity index (χ1v) is 6.50. The third kappa shape index (κ3) is 2.13. The predicted octanol–water partition coefficient (Wildman–Crippen LogP) is 1.55.